The van der Waals surface area contributed by atoms with Gasteiger partial charge in [-0.3, -0.25) is 0 Å². The van der Waals surface area contributed by atoms with Crippen LogP contribution in [0.2, 0.25) is 0 Å². The molecule has 1 aliphatic heterocycles. The number of nitrogens with zero attached hydrogens (tertiary/aromatic N) is 1. The van der Waals surface area contributed by atoms with Crippen LogP contribution in [0.15, 0.2) is 24.3 Å². The summed E-state index contributed by atoms with van der Waals surface area (Å²) in [6.45, 7) is 6.89. The fourth-order valence-corrected chi connectivity index (χ4v) is 2.48. The molecule has 23 heavy (non-hydrogen) atoms. The number of carbonyl (C=O) groups is 2. The molecule has 0 radical (unpaired) electrons. The molecule has 1 aliphatic rings. The van der Waals surface area contributed by atoms with Crippen LogP contribution in [-0.4, -0.2) is 42.1 Å². The van der Waals surface area contributed by atoms with Crippen molar-refractivity contribution in [3.05, 3.63) is 29.8 Å². The van der Waals surface area contributed by atoms with Crippen molar-refractivity contribution >= 4 is 12.4 Å². The molecule has 0 spiro atoms. The summed E-state index contributed by atoms with van der Waals surface area (Å²) in [5.74, 6) is 0.801. The van der Waals surface area contributed by atoms with Crippen LogP contribution in [0.3, 0.4) is 0 Å². The molecular weight excluding hydrogens is 294 g/mol. The third-order valence-electron chi connectivity index (χ3n) is 3.64. The van der Waals surface area contributed by atoms with E-state index < -0.39 is 5.60 Å². The molecule has 1 aromatic rings. The monoisotopic (exact) mass is 319 g/mol. The number of likely N-dealkylation sites (tertiary alicyclic amines) is 1. The number of hydrogen-bond acceptors (Lipinski definition) is 4. The van der Waals surface area contributed by atoms with Gasteiger partial charge in [0.2, 0.25) is 0 Å². The fourth-order valence-electron chi connectivity index (χ4n) is 2.48. The largest absolute Gasteiger partial charge is 0.490 e. The second-order valence-corrected chi connectivity index (χ2v) is 6.80. The summed E-state index contributed by atoms with van der Waals surface area (Å²) < 4.78 is 11.3. The maximum absolute atomic E-state index is 12.0. The highest BCUT2D eigenvalue weighted by atomic mass is 16.6. The van der Waals surface area contributed by atoms with Crippen molar-refractivity contribution in [2.75, 3.05) is 13.1 Å². The van der Waals surface area contributed by atoms with Gasteiger partial charge in [-0.1, -0.05) is 12.1 Å². The Labute approximate surface area is 137 Å². The van der Waals surface area contributed by atoms with E-state index in [1.54, 1.807) is 4.90 Å². The summed E-state index contributed by atoms with van der Waals surface area (Å²) in [5.41, 5.74) is 0.514. The normalized spacial score (nSPS) is 16.0. The third-order valence-corrected chi connectivity index (χ3v) is 3.64. The molecule has 1 aromatic carbocycles. The number of amides is 1. The van der Waals surface area contributed by atoms with Crippen LogP contribution in [0.4, 0.5) is 4.79 Å². The van der Waals surface area contributed by atoms with Crippen LogP contribution in [0.1, 0.15) is 39.2 Å². The molecule has 0 saturated carbocycles. The second-order valence-electron chi connectivity index (χ2n) is 6.80. The molecule has 1 amide bonds. The summed E-state index contributed by atoms with van der Waals surface area (Å²) >= 11 is 0. The van der Waals surface area contributed by atoms with Gasteiger partial charge in [-0.15, -0.1) is 0 Å². The predicted molar refractivity (Wildman–Crippen MR) is 87.7 cm³/mol. The first-order valence-corrected chi connectivity index (χ1v) is 8.04. The van der Waals surface area contributed by atoms with Crippen molar-refractivity contribution in [3.8, 4) is 5.75 Å². The Morgan fingerprint density at radius 2 is 1.83 bits per heavy atom. The smallest absolute Gasteiger partial charge is 0.410 e. The van der Waals surface area contributed by atoms with Crippen LogP contribution < -0.4 is 4.74 Å². The van der Waals surface area contributed by atoms with E-state index in [4.69, 9.17) is 9.47 Å². The van der Waals surface area contributed by atoms with Gasteiger partial charge in [0.1, 0.15) is 23.7 Å². The summed E-state index contributed by atoms with van der Waals surface area (Å²) in [7, 11) is 0. The Bertz CT molecular complexity index is 525. The zero-order chi connectivity index (χ0) is 16.9. The molecule has 0 aliphatic carbocycles. The summed E-state index contributed by atoms with van der Waals surface area (Å²) in [4.78, 5) is 24.2. The van der Waals surface area contributed by atoms with E-state index in [9.17, 15) is 9.59 Å². The number of benzene rings is 1. The van der Waals surface area contributed by atoms with E-state index in [1.807, 2.05) is 45.0 Å². The first-order chi connectivity index (χ1) is 10.9. The Morgan fingerprint density at radius 3 is 2.35 bits per heavy atom. The summed E-state index contributed by atoms with van der Waals surface area (Å²) in [6.07, 6.45) is 2.74. The average molecular weight is 319 g/mol. The first-order valence-electron chi connectivity index (χ1n) is 8.04. The highest BCUT2D eigenvalue weighted by Gasteiger charge is 2.27. The van der Waals surface area contributed by atoms with Gasteiger partial charge in [0.05, 0.1) is 0 Å². The number of rotatable bonds is 4. The van der Waals surface area contributed by atoms with Crippen molar-refractivity contribution < 1.29 is 19.1 Å². The van der Waals surface area contributed by atoms with E-state index in [1.165, 1.54) is 0 Å². The van der Waals surface area contributed by atoms with Gasteiger partial charge in [-0.25, -0.2) is 4.79 Å². The first kappa shape index (κ1) is 17.3. The van der Waals surface area contributed by atoms with Crippen molar-refractivity contribution in [2.24, 2.45) is 0 Å². The second kappa shape index (κ2) is 7.49. The number of hydrogen-bond donors (Lipinski definition) is 0. The van der Waals surface area contributed by atoms with Crippen molar-refractivity contribution in [1.29, 1.82) is 0 Å². The average Bonchev–Trinajstić information content (AvgIpc) is 2.48. The number of piperidine rings is 1. The highest BCUT2D eigenvalue weighted by Crippen LogP contribution is 2.21. The summed E-state index contributed by atoms with van der Waals surface area (Å²) in [5, 5.41) is 0. The Morgan fingerprint density at radius 1 is 1.22 bits per heavy atom. The number of ether oxygens (including phenoxy) is 2. The van der Waals surface area contributed by atoms with Gasteiger partial charge in [0.15, 0.2) is 0 Å². The van der Waals surface area contributed by atoms with Gasteiger partial charge < -0.3 is 19.2 Å². The van der Waals surface area contributed by atoms with E-state index in [-0.39, 0.29) is 12.2 Å². The van der Waals surface area contributed by atoms with Gasteiger partial charge >= 0.3 is 6.09 Å². The zero-order valence-corrected chi connectivity index (χ0v) is 14.1. The Balaban J connectivity index is 1.80. The Kier molecular flexibility index (Phi) is 5.64. The lowest BCUT2D eigenvalue weighted by molar-refractivity contribution is -0.107. The molecule has 0 aromatic heterocycles. The van der Waals surface area contributed by atoms with Crippen LogP contribution in [0, 0.1) is 0 Å². The van der Waals surface area contributed by atoms with Crippen LogP contribution in [0.25, 0.3) is 0 Å². The number of carbonyl (C=O) groups excluding carboxylic acids is 2. The van der Waals surface area contributed by atoms with Gasteiger partial charge in [0.25, 0.3) is 0 Å². The van der Waals surface area contributed by atoms with Crippen molar-refractivity contribution in [3.63, 3.8) is 0 Å². The minimum absolute atomic E-state index is 0.102. The van der Waals surface area contributed by atoms with Crippen LogP contribution >= 0.6 is 0 Å². The van der Waals surface area contributed by atoms with E-state index in [0.717, 1.165) is 30.4 Å². The molecule has 5 heteroatoms. The molecule has 2 rings (SSSR count). The minimum atomic E-state index is -0.465. The third kappa shape index (κ3) is 5.58. The molecule has 0 unspecified atom stereocenters. The molecule has 5 nitrogen and oxygen atoms in total. The van der Waals surface area contributed by atoms with Gasteiger partial charge in [0, 0.05) is 32.4 Å². The van der Waals surface area contributed by atoms with Crippen molar-refractivity contribution in [1.82, 2.24) is 4.90 Å². The van der Waals surface area contributed by atoms with E-state index in [0.29, 0.717) is 19.5 Å². The molecule has 1 fully saturated rings. The molecule has 0 bridgehead atoms. The molecular formula is C18H25NO4. The lowest BCUT2D eigenvalue weighted by Crippen LogP contribution is -2.44. The highest BCUT2D eigenvalue weighted by molar-refractivity contribution is 5.68. The molecule has 1 saturated heterocycles. The van der Waals surface area contributed by atoms with Crippen LogP contribution in [0.5, 0.6) is 5.75 Å². The van der Waals surface area contributed by atoms with E-state index >= 15 is 0 Å². The maximum Gasteiger partial charge on any atom is 0.410 e. The van der Waals surface area contributed by atoms with Gasteiger partial charge in [-0.2, -0.15) is 0 Å². The van der Waals surface area contributed by atoms with E-state index in [2.05, 4.69) is 0 Å². The van der Waals surface area contributed by atoms with Crippen LogP contribution in [-0.2, 0) is 16.0 Å². The fraction of sp³-hybridized carbons (Fsp3) is 0.556. The molecule has 0 N–H and O–H groups in total. The minimum Gasteiger partial charge on any atom is -0.490 e. The topological polar surface area (TPSA) is 55.8 Å². The predicted octanol–water partition coefficient (Wildman–Crippen LogP) is 3.21. The molecule has 1 heterocycles. The quantitative estimate of drug-likeness (QED) is 0.800. The lowest BCUT2D eigenvalue weighted by atomic mass is 10.1. The maximum atomic E-state index is 12.0. The molecule has 126 valence electrons. The zero-order valence-electron chi connectivity index (χ0n) is 14.1. The SMILES string of the molecule is CC(C)(C)OC(=O)N1CCC(Oc2ccc(CC=O)cc2)CC1. The lowest BCUT2D eigenvalue weighted by Gasteiger charge is -2.33. The van der Waals surface area contributed by atoms with Crippen molar-refractivity contribution in [2.45, 2.75) is 51.7 Å². The number of aldehydes is 1. The summed E-state index contributed by atoms with van der Waals surface area (Å²) in [6, 6.07) is 7.58. The standard InChI is InChI=1S/C18H25NO4/c1-18(2,3)23-17(21)19-11-8-16(9-12-19)22-15-6-4-14(5-7-15)10-13-20/h4-7,13,16H,8-12H2,1-3H3. The Hall–Kier alpha value is -2.04. The van der Waals surface area contributed by atoms with Gasteiger partial charge in [-0.05, 0) is 38.5 Å². The molecule has 0 atom stereocenters.